The predicted molar refractivity (Wildman–Crippen MR) is 37.2 cm³/mol. The van der Waals surface area contributed by atoms with Crippen LogP contribution in [0, 0.1) is 5.92 Å². The number of nitrogens with two attached hydrogens (primary N) is 1. The average Bonchev–Trinajstić information content (AvgIpc) is 1.60. The van der Waals surface area contributed by atoms with Gasteiger partial charge in [-0.15, -0.1) is 0 Å². The molecule has 2 atom stereocenters. The molecule has 54 valence electrons. The molecule has 0 aromatic heterocycles. The first-order valence-electron chi connectivity index (χ1n) is 3.66. The Labute approximate surface area is 56.4 Å². The maximum Gasteiger partial charge on any atom is 0.0623 e. The molecule has 0 saturated carbocycles. The molecule has 1 heterocycles. The van der Waals surface area contributed by atoms with Crippen LogP contribution in [0.2, 0.25) is 0 Å². The third-order valence-corrected chi connectivity index (χ3v) is 1.99. The van der Waals surface area contributed by atoms with Crippen LogP contribution in [-0.2, 0) is 4.74 Å². The molecule has 2 unspecified atom stereocenters. The summed E-state index contributed by atoms with van der Waals surface area (Å²) in [5.41, 5.74) is 5.39. The van der Waals surface area contributed by atoms with Crippen LogP contribution in [0.4, 0.5) is 0 Å². The van der Waals surface area contributed by atoms with Crippen molar-refractivity contribution >= 4 is 0 Å². The zero-order valence-electron chi connectivity index (χ0n) is 5.97. The molecule has 1 aliphatic rings. The summed E-state index contributed by atoms with van der Waals surface area (Å²) in [7, 11) is 0. The highest BCUT2D eigenvalue weighted by molar-refractivity contribution is 4.72. The lowest BCUT2D eigenvalue weighted by molar-refractivity contribution is -0.0815. The molecule has 0 amide bonds. The molecule has 1 saturated heterocycles. The van der Waals surface area contributed by atoms with Crippen molar-refractivity contribution in [2.45, 2.75) is 25.9 Å². The minimum absolute atomic E-state index is 0.522. The normalized spacial score (nSPS) is 29.3. The van der Waals surface area contributed by atoms with Gasteiger partial charge in [-0.1, -0.05) is 6.92 Å². The highest BCUT2D eigenvalue weighted by Gasteiger charge is 2.23. The summed E-state index contributed by atoms with van der Waals surface area (Å²) in [4.78, 5) is 0. The van der Waals surface area contributed by atoms with Crippen LogP contribution < -0.4 is 5.73 Å². The highest BCUT2D eigenvalue weighted by Crippen LogP contribution is 2.21. The molecular formula is C7H15NO. The van der Waals surface area contributed by atoms with E-state index in [1.54, 1.807) is 0 Å². The van der Waals surface area contributed by atoms with Crippen LogP contribution >= 0.6 is 0 Å². The molecule has 0 spiro atoms. The fourth-order valence-electron chi connectivity index (χ4n) is 1.15. The summed E-state index contributed by atoms with van der Waals surface area (Å²) in [6.45, 7) is 3.96. The van der Waals surface area contributed by atoms with Crippen LogP contribution in [0.3, 0.4) is 0 Å². The first-order valence-corrected chi connectivity index (χ1v) is 3.66. The quantitative estimate of drug-likeness (QED) is 0.610. The Morgan fingerprint density at radius 1 is 1.78 bits per heavy atom. The zero-order valence-corrected chi connectivity index (χ0v) is 5.97. The summed E-state index contributed by atoms with van der Waals surface area (Å²) in [6.07, 6.45) is 2.86. The number of hydrogen-bond donors (Lipinski definition) is 1. The van der Waals surface area contributed by atoms with Crippen molar-refractivity contribution in [3.63, 3.8) is 0 Å². The lowest BCUT2D eigenvalue weighted by Gasteiger charge is -2.31. The van der Waals surface area contributed by atoms with Crippen molar-refractivity contribution in [2.24, 2.45) is 11.7 Å². The average molecular weight is 129 g/mol. The molecule has 1 rings (SSSR count). The second kappa shape index (κ2) is 3.18. The molecule has 1 fully saturated rings. The molecular weight excluding hydrogens is 114 g/mol. The van der Waals surface area contributed by atoms with Crippen LogP contribution in [0.1, 0.15) is 19.8 Å². The number of rotatable bonds is 3. The molecule has 9 heavy (non-hydrogen) atoms. The van der Waals surface area contributed by atoms with Gasteiger partial charge in [0.05, 0.1) is 6.10 Å². The number of ether oxygens (including phenoxy) is 1. The monoisotopic (exact) mass is 129 g/mol. The van der Waals surface area contributed by atoms with Gasteiger partial charge in [0.15, 0.2) is 0 Å². The van der Waals surface area contributed by atoms with Gasteiger partial charge in [-0.05, 0) is 25.3 Å². The fraction of sp³-hybridized carbons (Fsp3) is 1.00. The first kappa shape index (κ1) is 7.03. The molecule has 2 nitrogen and oxygen atoms in total. The summed E-state index contributed by atoms with van der Waals surface area (Å²) in [6, 6.07) is 0. The third kappa shape index (κ3) is 1.66. The Hall–Kier alpha value is -0.0800. The maximum absolute atomic E-state index is 5.39. The lowest BCUT2D eigenvalue weighted by atomic mass is 9.96. The smallest absolute Gasteiger partial charge is 0.0623 e. The van der Waals surface area contributed by atoms with Gasteiger partial charge in [0.1, 0.15) is 0 Å². The lowest BCUT2D eigenvalue weighted by Crippen LogP contribution is -2.33. The maximum atomic E-state index is 5.39. The van der Waals surface area contributed by atoms with E-state index in [2.05, 4.69) is 6.92 Å². The zero-order chi connectivity index (χ0) is 6.69. The molecule has 0 aromatic rings. The molecule has 2 heteroatoms. The van der Waals surface area contributed by atoms with E-state index in [-0.39, 0.29) is 0 Å². The van der Waals surface area contributed by atoms with E-state index in [1.165, 1.54) is 6.42 Å². The van der Waals surface area contributed by atoms with Gasteiger partial charge in [0.2, 0.25) is 0 Å². The third-order valence-electron chi connectivity index (χ3n) is 1.99. The van der Waals surface area contributed by atoms with E-state index in [9.17, 15) is 0 Å². The van der Waals surface area contributed by atoms with Crippen molar-refractivity contribution in [1.82, 2.24) is 0 Å². The van der Waals surface area contributed by atoms with Crippen molar-refractivity contribution in [3.05, 3.63) is 0 Å². The van der Waals surface area contributed by atoms with Crippen molar-refractivity contribution < 1.29 is 4.74 Å². The van der Waals surface area contributed by atoms with Gasteiger partial charge in [-0.25, -0.2) is 0 Å². The van der Waals surface area contributed by atoms with Crippen LogP contribution in [0.15, 0.2) is 0 Å². The van der Waals surface area contributed by atoms with Gasteiger partial charge < -0.3 is 10.5 Å². The minimum Gasteiger partial charge on any atom is -0.378 e. The van der Waals surface area contributed by atoms with Crippen LogP contribution in [-0.4, -0.2) is 19.3 Å². The second-order valence-corrected chi connectivity index (χ2v) is 2.75. The highest BCUT2D eigenvalue weighted by atomic mass is 16.5. The summed E-state index contributed by atoms with van der Waals surface area (Å²) in [5.74, 6) is 0.670. The summed E-state index contributed by atoms with van der Waals surface area (Å²) >= 11 is 0. The van der Waals surface area contributed by atoms with E-state index in [0.29, 0.717) is 12.0 Å². The molecule has 0 radical (unpaired) electrons. The molecule has 1 aliphatic heterocycles. The standard InChI is InChI=1S/C7H15NO/c1-6(2-4-8)7-3-5-9-7/h6-7H,2-5,8H2,1H3. The largest absolute Gasteiger partial charge is 0.378 e. The summed E-state index contributed by atoms with van der Waals surface area (Å²) in [5, 5.41) is 0. The van der Waals surface area contributed by atoms with Crippen molar-refractivity contribution in [3.8, 4) is 0 Å². The fourth-order valence-corrected chi connectivity index (χ4v) is 1.15. The van der Waals surface area contributed by atoms with E-state index in [1.807, 2.05) is 0 Å². The van der Waals surface area contributed by atoms with Gasteiger partial charge in [-0.3, -0.25) is 0 Å². The van der Waals surface area contributed by atoms with Crippen LogP contribution in [0.25, 0.3) is 0 Å². The van der Waals surface area contributed by atoms with E-state index < -0.39 is 0 Å². The van der Waals surface area contributed by atoms with Crippen molar-refractivity contribution in [2.75, 3.05) is 13.2 Å². The Kier molecular flexibility index (Phi) is 2.49. The van der Waals surface area contributed by atoms with Crippen molar-refractivity contribution in [1.29, 1.82) is 0 Å². The van der Waals surface area contributed by atoms with E-state index in [4.69, 9.17) is 10.5 Å². The molecule has 0 aromatic carbocycles. The summed E-state index contributed by atoms with van der Waals surface area (Å²) < 4.78 is 5.29. The first-order chi connectivity index (χ1) is 4.34. The number of hydrogen-bond acceptors (Lipinski definition) is 2. The minimum atomic E-state index is 0.522. The predicted octanol–water partition coefficient (Wildman–Crippen LogP) is 0.760. The Balaban J connectivity index is 2.08. The topological polar surface area (TPSA) is 35.2 Å². The molecule has 0 bridgehead atoms. The van der Waals surface area contributed by atoms with E-state index >= 15 is 0 Å². The molecule has 0 aliphatic carbocycles. The van der Waals surface area contributed by atoms with Crippen LogP contribution in [0.5, 0.6) is 0 Å². The Morgan fingerprint density at radius 3 is 2.78 bits per heavy atom. The Morgan fingerprint density at radius 2 is 2.44 bits per heavy atom. The van der Waals surface area contributed by atoms with Gasteiger partial charge in [-0.2, -0.15) is 0 Å². The van der Waals surface area contributed by atoms with Gasteiger partial charge in [0, 0.05) is 6.61 Å². The van der Waals surface area contributed by atoms with Gasteiger partial charge in [0.25, 0.3) is 0 Å². The SMILES string of the molecule is CC(CCN)C1CCO1. The second-order valence-electron chi connectivity index (χ2n) is 2.75. The van der Waals surface area contributed by atoms with E-state index in [0.717, 1.165) is 19.6 Å². The Bertz CT molecular complexity index is 81.0. The molecule has 2 N–H and O–H groups in total. The van der Waals surface area contributed by atoms with Gasteiger partial charge >= 0.3 is 0 Å².